The van der Waals surface area contributed by atoms with Gasteiger partial charge in [-0.05, 0) is 85.1 Å². The zero-order valence-corrected chi connectivity index (χ0v) is 36.7. The number of nitrogens with one attached hydrogen (secondary N) is 1. The number of nitrogens with zero attached hydrogens (tertiary/aromatic N) is 3. The summed E-state index contributed by atoms with van der Waals surface area (Å²) in [4.78, 5) is 30.6. The average molecular weight is 904 g/mol. The first kappa shape index (κ1) is 33.9. The summed E-state index contributed by atoms with van der Waals surface area (Å²) in [5.41, 5.74) is -1.21. The minimum Gasteiger partial charge on any atom is -0.493 e. The Morgan fingerprint density at radius 1 is 0.635 bits per heavy atom. The number of carbonyl (C=O) groups is 2. The third kappa shape index (κ3) is 17.9. The van der Waals surface area contributed by atoms with E-state index in [0.29, 0.717) is 62.3 Å². The van der Waals surface area contributed by atoms with Crippen LogP contribution in [0.4, 0.5) is 0 Å². The van der Waals surface area contributed by atoms with Crippen LogP contribution >= 0.6 is 11.6 Å². The summed E-state index contributed by atoms with van der Waals surface area (Å²) in [6.07, 6.45) is -1.90. The number of methoxy groups -OCH3 is 2. The smallest absolute Gasteiger partial charge is 0.161 e. The predicted octanol–water partition coefficient (Wildman–Crippen LogP) is 5.48. The lowest BCUT2D eigenvalue weighted by molar-refractivity contribution is -0.120. The molecule has 0 spiro atoms. The summed E-state index contributed by atoms with van der Waals surface area (Å²) in [5, 5.41) is 23.7. The first-order valence-corrected chi connectivity index (χ1v) is 21.2. The van der Waals surface area contributed by atoms with Crippen LogP contribution in [0.5, 0.6) is 23.0 Å². The van der Waals surface area contributed by atoms with Crippen molar-refractivity contribution in [3.8, 4) is 23.0 Å². The van der Waals surface area contributed by atoms with Crippen LogP contribution in [0, 0.1) is 27.4 Å². The van der Waals surface area contributed by atoms with Crippen LogP contribution in [0.25, 0.3) is 0 Å². The maximum Gasteiger partial charge on any atom is 0.161 e. The summed E-state index contributed by atoms with van der Waals surface area (Å²) in [6.45, 7) is -2.70. The third-order valence-electron chi connectivity index (χ3n) is 10.1. The highest BCUT2D eigenvalue weighted by atomic mass is 35.5. The van der Waals surface area contributed by atoms with Crippen LogP contribution in [0.1, 0.15) is 52.6 Å². The summed E-state index contributed by atoms with van der Waals surface area (Å²) in [6, 6.07) is 18.6. The molecule has 2 heterocycles. The summed E-state index contributed by atoms with van der Waals surface area (Å²) in [7, 11) is 3.16. The lowest BCUT2D eigenvalue weighted by Crippen LogP contribution is -2.50. The molecule has 12 nitrogen and oxygen atoms in total. The van der Waals surface area contributed by atoms with Gasteiger partial charge >= 0.3 is 0 Å². The second-order valence-corrected chi connectivity index (χ2v) is 15.2. The molecule has 4 aromatic rings. The Balaban J connectivity index is 0.000000275. The molecule has 3 N–H and O–H groups in total. The van der Waals surface area contributed by atoms with Gasteiger partial charge < -0.3 is 34.5 Å². The largest absolute Gasteiger partial charge is 0.493 e. The number of hydrogen-bond donors (Lipinski definition) is 3. The van der Waals surface area contributed by atoms with Gasteiger partial charge in [0.1, 0.15) is 25.4 Å². The van der Waals surface area contributed by atoms with Gasteiger partial charge in [0.2, 0.25) is 0 Å². The summed E-state index contributed by atoms with van der Waals surface area (Å²) >= 11 is 5.40. The minimum atomic E-state index is -2.64. The third-order valence-corrected chi connectivity index (χ3v) is 10.4. The van der Waals surface area contributed by atoms with Gasteiger partial charge in [-0.2, -0.15) is 0 Å². The number of ketones is 2. The van der Waals surface area contributed by atoms with Crippen molar-refractivity contribution < 1.29 is 57.9 Å². The second-order valence-electron chi connectivity index (χ2n) is 14.9. The monoisotopic (exact) mass is 903 g/mol. The first-order valence-electron chi connectivity index (χ1n) is 27.7. The first-order chi connectivity index (χ1) is 36.0. The molecule has 2 aliphatic heterocycles. The number of piperazine rings is 2. The van der Waals surface area contributed by atoms with Gasteiger partial charge in [-0.15, -0.1) is 11.6 Å². The Kier molecular flexibility index (Phi) is 14.9. The number of carbonyl (C=O) groups excluding carboxylic acids is 2. The Morgan fingerprint density at radius 2 is 1.03 bits per heavy atom. The van der Waals surface area contributed by atoms with Crippen molar-refractivity contribution >= 4 is 23.2 Å². The maximum atomic E-state index is 12.9. The van der Waals surface area contributed by atoms with Gasteiger partial charge in [0.15, 0.2) is 34.6 Å². The molecule has 2 aliphatic rings. The Bertz CT molecular complexity index is 2450. The molecular weight excluding hydrogens is 820 g/mol. The maximum absolute atomic E-state index is 12.9. The quantitative estimate of drug-likeness (QED) is 0.103. The SMILES string of the molecule is COc1ccccc1OCC(O)CN1CCNCC1.[2H]c1cc(C([2H])([2H])[2H])c(CC(=O)CCl)c(C([2H])([2H])[2H])c1.[2H]c1cc(C([2H])([2H])[2H])c(CC(=O)CN2CCN(CC(O)COc3ccccc3OC)CC2)c(C([2H])([2H])[2H])c1. The van der Waals surface area contributed by atoms with Gasteiger partial charge in [-0.3, -0.25) is 24.3 Å². The molecule has 0 saturated carbocycles. The number of ether oxygens (including phenoxy) is 4. The van der Waals surface area contributed by atoms with E-state index in [9.17, 15) is 19.8 Å². The number of aryl methyl sites for hydroxylation is 4. The molecule has 2 saturated heterocycles. The number of hydrogen-bond acceptors (Lipinski definition) is 12. The number of benzene rings is 4. The van der Waals surface area contributed by atoms with E-state index in [1.165, 1.54) is 0 Å². The molecule has 4 aromatic carbocycles. The van der Waals surface area contributed by atoms with Crippen LogP contribution in [0.3, 0.4) is 0 Å². The number of para-hydroxylation sites is 4. The molecule has 344 valence electrons. The van der Waals surface area contributed by atoms with Crippen molar-refractivity contribution in [2.75, 3.05) is 105 Å². The van der Waals surface area contributed by atoms with E-state index in [-0.39, 0.29) is 89.7 Å². The molecule has 2 atom stereocenters. The predicted molar refractivity (Wildman–Crippen MR) is 251 cm³/mol. The van der Waals surface area contributed by atoms with E-state index in [1.807, 2.05) is 41.3 Å². The number of Topliss-reactive ketones (excluding diaryl/α,β-unsaturated/α-hetero) is 2. The summed E-state index contributed by atoms with van der Waals surface area (Å²) < 4.78 is 128. The molecule has 2 unspecified atom stereocenters. The molecule has 63 heavy (non-hydrogen) atoms. The number of aliphatic hydroxyl groups is 2. The number of aliphatic hydroxyl groups excluding tert-OH is 2. The van der Waals surface area contributed by atoms with E-state index in [1.54, 1.807) is 26.4 Å². The Morgan fingerprint density at radius 3 is 1.44 bits per heavy atom. The number of halogens is 1. The Labute approximate surface area is 399 Å². The van der Waals surface area contributed by atoms with Gasteiger partial charge in [-0.1, -0.05) is 60.6 Å². The van der Waals surface area contributed by atoms with Crippen molar-refractivity contribution in [3.05, 3.63) is 118 Å². The van der Waals surface area contributed by atoms with Crippen molar-refractivity contribution in [3.63, 3.8) is 0 Å². The zero-order chi connectivity index (χ0) is 57.3. The molecule has 0 amide bonds. The normalized spacial score (nSPS) is 19.5. The number of β-amino-alcohol motifs (C(OH)–C–C–N with tert-alkyl or cyclic N) is 2. The van der Waals surface area contributed by atoms with Gasteiger partial charge in [0.05, 0.1) is 29.4 Å². The van der Waals surface area contributed by atoms with Crippen molar-refractivity contribution in [2.45, 2.75) is 52.5 Å². The minimum absolute atomic E-state index is 0.0391. The second kappa shape index (κ2) is 27.6. The molecule has 0 aromatic heterocycles. The lowest BCUT2D eigenvalue weighted by atomic mass is 9.98. The molecule has 0 aliphatic carbocycles. The fourth-order valence-electron chi connectivity index (χ4n) is 6.76. The lowest BCUT2D eigenvalue weighted by Gasteiger charge is -2.35. The molecule has 13 heteroatoms. The van der Waals surface area contributed by atoms with E-state index in [0.717, 1.165) is 50.4 Å². The Hall–Kier alpha value is -4.53. The molecule has 0 bridgehead atoms. The van der Waals surface area contributed by atoms with Crippen LogP contribution in [-0.4, -0.2) is 154 Å². The van der Waals surface area contributed by atoms with E-state index < -0.39 is 45.4 Å². The fraction of sp³-hybridized carbons (Fsp3) is 0.480. The van der Waals surface area contributed by atoms with Gasteiger partial charge in [0.25, 0.3) is 0 Å². The van der Waals surface area contributed by atoms with E-state index in [2.05, 4.69) is 15.1 Å². The zero-order valence-electron chi connectivity index (χ0n) is 50.0. The van der Waals surface area contributed by atoms with Crippen LogP contribution < -0.4 is 24.3 Å². The van der Waals surface area contributed by atoms with Crippen molar-refractivity contribution in [2.24, 2.45) is 0 Å². The number of alkyl halides is 1. The van der Waals surface area contributed by atoms with Gasteiger partial charge in [0, 0.05) is 94.7 Å². The van der Waals surface area contributed by atoms with E-state index >= 15 is 0 Å². The van der Waals surface area contributed by atoms with Crippen LogP contribution in [0.2, 0.25) is 0 Å². The summed E-state index contributed by atoms with van der Waals surface area (Å²) in [5.74, 6) is 1.41. The molecular formula is C50H69ClN4O8. The highest BCUT2D eigenvalue weighted by molar-refractivity contribution is 6.27. The standard InChI is InChI=1S/C25H34N2O4.C14H22N2O3.C11H13ClO/c1-19-7-6-8-20(2)23(19)15-21(28)16-26-11-13-27(14-12-26)17-22(29)18-31-25-10-5-4-9-24(25)30-3;1-18-13-4-2-3-5-14(13)19-11-12(17)10-16-8-6-15-7-9-16;1-8-4-3-5-9(2)11(8)6-10(13)7-12/h4-10,22,29H,11-18H2,1-3H3;2-5,12,15,17H,6-11H2,1H3;3-5H,6-7H2,1-2H3/i1D3,2D3,6D;;1D3,2D3,3D. The molecule has 0 radical (unpaired) electrons. The van der Waals surface area contributed by atoms with Crippen LogP contribution in [0.15, 0.2) is 84.9 Å². The average Bonchev–Trinajstić information content (AvgIpc) is 3.37. The van der Waals surface area contributed by atoms with E-state index in [4.69, 9.17) is 49.7 Å². The molecule has 6 rings (SSSR count). The van der Waals surface area contributed by atoms with Crippen molar-refractivity contribution in [1.29, 1.82) is 0 Å². The van der Waals surface area contributed by atoms with Crippen molar-refractivity contribution in [1.82, 2.24) is 20.0 Å². The van der Waals surface area contributed by atoms with Gasteiger partial charge in [-0.25, -0.2) is 0 Å². The highest BCUT2D eigenvalue weighted by Gasteiger charge is 2.22. The topological polar surface area (TPSA) is 133 Å². The fourth-order valence-corrected chi connectivity index (χ4v) is 6.85. The van der Waals surface area contributed by atoms with Crippen LogP contribution in [-0.2, 0) is 22.4 Å². The highest BCUT2D eigenvalue weighted by Crippen LogP contribution is 2.27. The molecule has 2 fully saturated rings. The number of rotatable bonds is 19.